The second-order valence-corrected chi connectivity index (χ2v) is 5.69. The summed E-state index contributed by atoms with van der Waals surface area (Å²) in [4.78, 5) is 23.0. The molecule has 1 aliphatic carbocycles. The number of amides is 1. The molecule has 20 heavy (non-hydrogen) atoms. The Morgan fingerprint density at radius 2 is 1.95 bits per heavy atom. The van der Waals surface area contributed by atoms with Crippen LogP contribution < -0.4 is 5.32 Å². The smallest absolute Gasteiger partial charge is 0.306 e. The van der Waals surface area contributed by atoms with Gasteiger partial charge in [0.1, 0.15) is 0 Å². The molecule has 0 spiro atoms. The molecule has 108 valence electrons. The van der Waals surface area contributed by atoms with Crippen LogP contribution in [0.15, 0.2) is 18.2 Å². The van der Waals surface area contributed by atoms with E-state index in [0.717, 1.165) is 5.56 Å². The van der Waals surface area contributed by atoms with Crippen molar-refractivity contribution in [2.45, 2.75) is 39.7 Å². The summed E-state index contributed by atoms with van der Waals surface area (Å²) >= 11 is 0. The summed E-state index contributed by atoms with van der Waals surface area (Å²) in [6, 6.07) is 6.15. The molecule has 2 rings (SSSR count). The maximum Gasteiger partial charge on any atom is 0.306 e. The number of benzene rings is 1. The molecule has 0 radical (unpaired) electrons. The number of carboxylic acid groups (broad SMARTS) is 1. The first kappa shape index (κ1) is 14.6. The first-order chi connectivity index (χ1) is 9.47. The van der Waals surface area contributed by atoms with Gasteiger partial charge in [-0.15, -0.1) is 0 Å². The van der Waals surface area contributed by atoms with Gasteiger partial charge in [0.15, 0.2) is 0 Å². The minimum atomic E-state index is -0.783. The molecule has 0 bridgehead atoms. The van der Waals surface area contributed by atoms with Crippen LogP contribution in [-0.4, -0.2) is 17.0 Å². The minimum absolute atomic E-state index is 0.0197. The van der Waals surface area contributed by atoms with Crippen molar-refractivity contribution in [1.29, 1.82) is 0 Å². The van der Waals surface area contributed by atoms with E-state index in [4.69, 9.17) is 5.11 Å². The molecule has 0 aromatic heterocycles. The first-order valence-corrected chi connectivity index (χ1v) is 7.04. The highest BCUT2D eigenvalue weighted by molar-refractivity contribution is 5.80. The fourth-order valence-electron chi connectivity index (χ4n) is 2.81. The van der Waals surface area contributed by atoms with E-state index < -0.39 is 5.97 Å². The molecular weight excluding hydrogens is 254 g/mol. The zero-order valence-corrected chi connectivity index (χ0v) is 12.0. The largest absolute Gasteiger partial charge is 0.481 e. The van der Waals surface area contributed by atoms with Crippen molar-refractivity contribution in [2.75, 3.05) is 0 Å². The average Bonchev–Trinajstić information content (AvgIpc) is 2.87. The third kappa shape index (κ3) is 3.38. The highest BCUT2D eigenvalue weighted by Gasteiger charge is 2.33. The Morgan fingerprint density at radius 3 is 2.55 bits per heavy atom. The van der Waals surface area contributed by atoms with Crippen molar-refractivity contribution in [2.24, 2.45) is 11.8 Å². The Morgan fingerprint density at radius 1 is 1.25 bits per heavy atom. The Labute approximate surface area is 119 Å². The lowest BCUT2D eigenvalue weighted by molar-refractivity contribution is -0.141. The molecule has 0 aliphatic heterocycles. The number of rotatable bonds is 4. The number of hydrogen-bond donors (Lipinski definition) is 2. The average molecular weight is 275 g/mol. The Kier molecular flexibility index (Phi) is 4.42. The van der Waals surface area contributed by atoms with Crippen LogP contribution in [0.3, 0.4) is 0 Å². The Hall–Kier alpha value is -1.84. The topological polar surface area (TPSA) is 66.4 Å². The maximum absolute atomic E-state index is 12.1. The van der Waals surface area contributed by atoms with Crippen molar-refractivity contribution >= 4 is 11.9 Å². The summed E-state index contributed by atoms with van der Waals surface area (Å²) in [5, 5.41) is 11.9. The number of aryl methyl sites for hydroxylation is 2. The molecule has 0 heterocycles. The van der Waals surface area contributed by atoms with Crippen LogP contribution in [0, 0.1) is 25.7 Å². The van der Waals surface area contributed by atoms with Gasteiger partial charge in [-0.25, -0.2) is 0 Å². The quantitative estimate of drug-likeness (QED) is 0.886. The van der Waals surface area contributed by atoms with Crippen LogP contribution in [-0.2, 0) is 16.1 Å². The van der Waals surface area contributed by atoms with Gasteiger partial charge >= 0.3 is 5.97 Å². The lowest BCUT2D eigenvalue weighted by atomic mass is 10.0. The summed E-state index contributed by atoms with van der Waals surface area (Å²) in [5.74, 6) is -1.31. The molecule has 1 aromatic rings. The van der Waals surface area contributed by atoms with E-state index in [9.17, 15) is 9.59 Å². The van der Waals surface area contributed by atoms with E-state index in [1.807, 2.05) is 26.0 Å². The third-order valence-electron chi connectivity index (χ3n) is 4.10. The number of aliphatic carboxylic acids is 1. The zero-order chi connectivity index (χ0) is 14.7. The molecule has 0 saturated heterocycles. The molecule has 0 unspecified atom stereocenters. The minimum Gasteiger partial charge on any atom is -0.481 e. The predicted molar refractivity (Wildman–Crippen MR) is 76.2 cm³/mol. The summed E-state index contributed by atoms with van der Waals surface area (Å²) in [7, 11) is 0. The van der Waals surface area contributed by atoms with Crippen LogP contribution in [0.25, 0.3) is 0 Å². The van der Waals surface area contributed by atoms with Crippen LogP contribution in [0.2, 0.25) is 0 Å². The predicted octanol–water partition coefficient (Wildman–Crippen LogP) is 2.42. The fourth-order valence-corrected chi connectivity index (χ4v) is 2.81. The van der Waals surface area contributed by atoms with Gasteiger partial charge in [0.25, 0.3) is 0 Å². The van der Waals surface area contributed by atoms with Crippen molar-refractivity contribution < 1.29 is 14.7 Å². The molecule has 1 aliphatic rings. The van der Waals surface area contributed by atoms with E-state index in [0.29, 0.717) is 25.8 Å². The van der Waals surface area contributed by atoms with Crippen LogP contribution in [0.1, 0.15) is 36.0 Å². The van der Waals surface area contributed by atoms with Gasteiger partial charge in [-0.3, -0.25) is 9.59 Å². The van der Waals surface area contributed by atoms with Gasteiger partial charge in [-0.2, -0.15) is 0 Å². The fraction of sp³-hybridized carbons (Fsp3) is 0.500. The van der Waals surface area contributed by atoms with Gasteiger partial charge in [0, 0.05) is 12.5 Å². The lowest BCUT2D eigenvalue weighted by Gasteiger charge is -2.12. The Balaban J connectivity index is 1.88. The number of nitrogens with one attached hydrogen (secondary N) is 1. The van der Waals surface area contributed by atoms with Crippen molar-refractivity contribution in [3.05, 3.63) is 34.9 Å². The number of carboxylic acids is 1. The number of carbonyl (C=O) groups is 2. The van der Waals surface area contributed by atoms with Crippen LogP contribution >= 0.6 is 0 Å². The van der Waals surface area contributed by atoms with Gasteiger partial charge in [0.05, 0.1) is 5.92 Å². The molecule has 2 N–H and O–H groups in total. The highest BCUT2D eigenvalue weighted by Crippen LogP contribution is 2.31. The van der Waals surface area contributed by atoms with Gasteiger partial charge in [-0.1, -0.05) is 23.8 Å². The molecule has 1 aromatic carbocycles. The van der Waals surface area contributed by atoms with E-state index in [1.54, 1.807) is 0 Å². The molecule has 1 fully saturated rings. The standard InChI is InChI=1S/C16H21NO3/c1-10-3-4-14(11(2)7-10)9-17-15(18)12-5-6-13(8-12)16(19)20/h3-4,7,12-13H,5-6,8-9H2,1-2H3,(H,17,18)(H,19,20)/t12-,13+/m1/s1. The van der Waals surface area contributed by atoms with E-state index in [1.165, 1.54) is 11.1 Å². The molecule has 2 atom stereocenters. The third-order valence-corrected chi connectivity index (χ3v) is 4.10. The normalized spacial score (nSPS) is 21.7. The van der Waals surface area contributed by atoms with Gasteiger partial charge in [0.2, 0.25) is 5.91 Å². The first-order valence-electron chi connectivity index (χ1n) is 7.04. The van der Waals surface area contributed by atoms with Crippen LogP contribution in [0.4, 0.5) is 0 Å². The highest BCUT2D eigenvalue weighted by atomic mass is 16.4. The van der Waals surface area contributed by atoms with Crippen molar-refractivity contribution in [3.63, 3.8) is 0 Å². The van der Waals surface area contributed by atoms with Crippen LogP contribution in [0.5, 0.6) is 0 Å². The summed E-state index contributed by atoms with van der Waals surface area (Å²) < 4.78 is 0. The molecule has 1 amide bonds. The summed E-state index contributed by atoms with van der Waals surface area (Å²) in [6.45, 7) is 4.59. The number of carbonyl (C=O) groups excluding carboxylic acids is 1. The molecule has 4 heteroatoms. The zero-order valence-electron chi connectivity index (χ0n) is 12.0. The summed E-state index contributed by atoms with van der Waals surface area (Å²) in [5.41, 5.74) is 3.48. The van der Waals surface area contributed by atoms with Gasteiger partial charge < -0.3 is 10.4 Å². The lowest BCUT2D eigenvalue weighted by Crippen LogP contribution is -2.29. The monoisotopic (exact) mass is 275 g/mol. The van der Waals surface area contributed by atoms with Crippen molar-refractivity contribution in [3.8, 4) is 0 Å². The summed E-state index contributed by atoms with van der Waals surface area (Å²) in [6.07, 6.45) is 1.75. The Bertz CT molecular complexity index is 524. The molecule has 1 saturated carbocycles. The second kappa shape index (κ2) is 6.07. The second-order valence-electron chi connectivity index (χ2n) is 5.69. The maximum atomic E-state index is 12.1. The van der Waals surface area contributed by atoms with E-state index in [-0.39, 0.29) is 17.7 Å². The molecule has 4 nitrogen and oxygen atoms in total. The molecular formula is C16H21NO3. The van der Waals surface area contributed by atoms with Gasteiger partial charge in [-0.05, 0) is 44.2 Å². The van der Waals surface area contributed by atoms with E-state index >= 15 is 0 Å². The SMILES string of the molecule is Cc1ccc(CNC(=O)[C@@H]2CC[C@H](C(=O)O)C2)c(C)c1. The van der Waals surface area contributed by atoms with Crippen molar-refractivity contribution in [1.82, 2.24) is 5.32 Å². The number of hydrogen-bond acceptors (Lipinski definition) is 2. The van der Waals surface area contributed by atoms with E-state index in [2.05, 4.69) is 11.4 Å².